The Morgan fingerprint density at radius 2 is 2.10 bits per heavy atom. The van der Waals surface area contributed by atoms with Gasteiger partial charge in [0, 0.05) is 24.3 Å². The van der Waals surface area contributed by atoms with Crippen LogP contribution in [-0.2, 0) is 6.54 Å². The Bertz CT molecular complexity index is 584. The van der Waals surface area contributed by atoms with Gasteiger partial charge in [-0.05, 0) is 30.7 Å². The van der Waals surface area contributed by atoms with Gasteiger partial charge in [-0.3, -0.25) is 0 Å². The second-order valence-electron chi connectivity index (χ2n) is 5.04. The Morgan fingerprint density at radius 1 is 1.30 bits per heavy atom. The number of hydrogen-bond donors (Lipinski definition) is 1. The maximum Gasteiger partial charge on any atom is 0.223 e. The quantitative estimate of drug-likeness (QED) is 0.890. The number of ether oxygens (including phenoxy) is 1. The summed E-state index contributed by atoms with van der Waals surface area (Å²) in [6.45, 7) is 6.92. The number of nitrogens with zero attached hydrogens (tertiary/aromatic N) is 1. The Balaban J connectivity index is 2.20. The molecule has 1 aromatic carbocycles. The van der Waals surface area contributed by atoms with Crippen LogP contribution in [0.25, 0.3) is 0 Å². The van der Waals surface area contributed by atoms with Crippen LogP contribution < -0.4 is 10.1 Å². The highest BCUT2D eigenvalue weighted by atomic mass is 35.5. The second kappa shape index (κ2) is 6.73. The minimum absolute atomic E-state index is 0.408. The van der Waals surface area contributed by atoms with E-state index in [1.54, 1.807) is 6.20 Å². The van der Waals surface area contributed by atoms with Gasteiger partial charge in [0.2, 0.25) is 5.88 Å². The van der Waals surface area contributed by atoms with Crippen LogP contribution in [0.3, 0.4) is 0 Å². The molecule has 3 nitrogen and oxygen atoms in total. The van der Waals surface area contributed by atoms with E-state index in [2.05, 4.69) is 24.1 Å². The van der Waals surface area contributed by atoms with Crippen molar-refractivity contribution in [3.8, 4) is 11.6 Å². The van der Waals surface area contributed by atoms with Crippen LogP contribution in [0.15, 0.2) is 36.5 Å². The molecule has 4 heteroatoms. The molecule has 2 aromatic rings. The van der Waals surface area contributed by atoms with Crippen molar-refractivity contribution in [1.82, 2.24) is 10.3 Å². The predicted octanol–water partition coefficient (Wildman–Crippen LogP) is 4.33. The van der Waals surface area contributed by atoms with Gasteiger partial charge in [-0.15, -0.1) is 0 Å². The normalized spacial score (nSPS) is 10.8. The van der Waals surface area contributed by atoms with Crippen LogP contribution in [0.2, 0.25) is 5.02 Å². The van der Waals surface area contributed by atoms with Gasteiger partial charge in [0.25, 0.3) is 0 Å². The molecule has 0 saturated carbocycles. The SMILES string of the molecule is Cc1ccc(Oc2ncccc2CNC(C)C)c(Cl)c1. The van der Waals surface area contributed by atoms with Crippen molar-refractivity contribution in [2.24, 2.45) is 0 Å². The van der Waals surface area contributed by atoms with Gasteiger partial charge in [0.05, 0.1) is 5.02 Å². The molecule has 2 rings (SSSR count). The highest BCUT2D eigenvalue weighted by Gasteiger charge is 2.09. The van der Waals surface area contributed by atoms with E-state index in [9.17, 15) is 0 Å². The summed E-state index contributed by atoms with van der Waals surface area (Å²) in [7, 11) is 0. The van der Waals surface area contributed by atoms with Crippen molar-refractivity contribution >= 4 is 11.6 Å². The minimum atomic E-state index is 0.408. The lowest BCUT2D eigenvalue weighted by Crippen LogP contribution is -2.22. The number of nitrogens with one attached hydrogen (secondary N) is 1. The van der Waals surface area contributed by atoms with Crippen molar-refractivity contribution in [2.45, 2.75) is 33.4 Å². The molecule has 0 aliphatic heterocycles. The fraction of sp³-hybridized carbons (Fsp3) is 0.312. The average molecular weight is 291 g/mol. The van der Waals surface area contributed by atoms with Crippen molar-refractivity contribution in [1.29, 1.82) is 0 Å². The Hall–Kier alpha value is -1.58. The van der Waals surface area contributed by atoms with E-state index in [-0.39, 0.29) is 0 Å². The first kappa shape index (κ1) is 14.8. The molecule has 0 radical (unpaired) electrons. The topological polar surface area (TPSA) is 34.1 Å². The smallest absolute Gasteiger partial charge is 0.223 e. The number of aryl methyl sites for hydroxylation is 1. The largest absolute Gasteiger partial charge is 0.437 e. The van der Waals surface area contributed by atoms with Crippen molar-refractivity contribution < 1.29 is 4.74 Å². The van der Waals surface area contributed by atoms with Crippen LogP contribution in [0, 0.1) is 6.92 Å². The standard InChI is InChI=1S/C16H19ClN2O/c1-11(2)19-10-13-5-4-8-18-16(13)20-15-7-6-12(3)9-14(15)17/h4-9,11,19H,10H2,1-3H3. The Kier molecular flexibility index (Phi) is 4.99. The fourth-order valence-electron chi connectivity index (χ4n) is 1.76. The molecule has 0 aliphatic rings. The van der Waals surface area contributed by atoms with Crippen molar-refractivity contribution in [3.05, 3.63) is 52.7 Å². The summed E-state index contributed by atoms with van der Waals surface area (Å²) in [5.41, 5.74) is 2.11. The summed E-state index contributed by atoms with van der Waals surface area (Å²) in [6, 6.07) is 10.0. The van der Waals surface area contributed by atoms with Gasteiger partial charge < -0.3 is 10.1 Å². The summed E-state index contributed by atoms with van der Waals surface area (Å²) in [4.78, 5) is 4.29. The molecule has 20 heavy (non-hydrogen) atoms. The van der Waals surface area contributed by atoms with E-state index in [1.165, 1.54) is 0 Å². The third-order valence-electron chi connectivity index (χ3n) is 2.84. The maximum absolute atomic E-state index is 6.19. The maximum atomic E-state index is 6.19. The van der Waals surface area contributed by atoms with Crippen LogP contribution in [0.5, 0.6) is 11.6 Å². The number of rotatable bonds is 5. The lowest BCUT2D eigenvalue weighted by atomic mass is 10.2. The third-order valence-corrected chi connectivity index (χ3v) is 3.14. The molecule has 0 spiro atoms. The first-order chi connectivity index (χ1) is 9.56. The molecule has 0 bridgehead atoms. The zero-order valence-electron chi connectivity index (χ0n) is 12.0. The molecular weight excluding hydrogens is 272 g/mol. The van der Waals surface area contributed by atoms with Crippen LogP contribution in [0.1, 0.15) is 25.0 Å². The van der Waals surface area contributed by atoms with Gasteiger partial charge in [-0.2, -0.15) is 0 Å². The predicted molar refractivity (Wildman–Crippen MR) is 82.5 cm³/mol. The molecule has 1 N–H and O–H groups in total. The first-order valence-corrected chi connectivity index (χ1v) is 7.05. The summed E-state index contributed by atoms with van der Waals surface area (Å²) in [5, 5.41) is 3.95. The van der Waals surface area contributed by atoms with E-state index in [0.29, 0.717) is 29.2 Å². The third kappa shape index (κ3) is 3.95. The summed E-state index contributed by atoms with van der Waals surface area (Å²) >= 11 is 6.19. The van der Waals surface area contributed by atoms with Gasteiger partial charge in [0.1, 0.15) is 5.75 Å². The van der Waals surface area contributed by atoms with Gasteiger partial charge in [-0.25, -0.2) is 4.98 Å². The second-order valence-corrected chi connectivity index (χ2v) is 5.45. The van der Waals surface area contributed by atoms with Crippen LogP contribution in [-0.4, -0.2) is 11.0 Å². The molecule has 0 aliphatic carbocycles. The monoisotopic (exact) mass is 290 g/mol. The molecule has 1 heterocycles. The molecule has 0 saturated heterocycles. The van der Waals surface area contributed by atoms with E-state index in [0.717, 1.165) is 11.1 Å². The highest BCUT2D eigenvalue weighted by Crippen LogP contribution is 2.30. The van der Waals surface area contributed by atoms with Crippen molar-refractivity contribution in [2.75, 3.05) is 0 Å². The van der Waals surface area contributed by atoms with E-state index in [4.69, 9.17) is 16.3 Å². The number of pyridine rings is 1. The molecule has 106 valence electrons. The van der Waals surface area contributed by atoms with E-state index in [1.807, 2.05) is 37.3 Å². The zero-order valence-corrected chi connectivity index (χ0v) is 12.7. The summed E-state index contributed by atoms with van der Waals surface area (Å²) in [5.74, 6) is 1.22. The Morgan fingerprint density at radius 3 is 2.80 bits per heavy atom. The van der Waals surface area contributed by atoms with Gasteiger partial charge in [-0.1, -0.05) is 37.6 Å². The lowest BCUT2D eigenvalue weighted by molar-refractivity contribution is 0.450. The summed E-state index contributed by atoms with van der Waals surface area (Å²) < 4.78 is 5.84. The van der Waals surface area contributed by atoms with Crippen LogP contribution in [0.4, 0.5) is 0 Å². The molecule has 0 amide bonds. The number of benzene rings is 1. The zero-order chi connectivity index (χ0) is 14.5. The van der Waals surface area contributed by atoms with E-state index < -0.39 is 0 Å². The molecule has 0 fully saturated rings. The van der Waals surface area contributed by atoms with Gasteiger partial charge in [0.15, 0.2) is 0 Å². The summed E-state index contributed by atoms with van der Waals surface area (Å²) in [6.07, 6.45) is 1.72. The number of halogens is 1. The van der Waals surface area contributed by atoms with Crippen LogP contribution >= 0.6 is 11.6 Å². The number of aromatic nitrogens is 1. The fourth-order valence-corrected chi connectivity index (χ4v) is 2.03. The molecular formula is C16H19ClN2O. The highest BCUT2D eigenvalue weighted by molar-refractivity contribution is 6.32. The number of hydrogen-bond acceptors (Lipinski definition) is 3. The molecule has 0 atom stereocenters. The Labute approximate surface area is 124 Å². The molecule has 0 unspecified atom stereocenters. The molecule has 1 aromatic heterocycles. The van der Waals surface area contributed by atoms with E-state index >= 15 is 0 Å². The average Bonchev–Trinajstić information content (AvgIpc) is 2.41. The first-order valence-electron chi connectivity index (χ1n) is 6.67. The lowest BCUT2D eigenvalue weighted by Gasteiger charge is -2.13. The van der Waals surface area contributed by atoms with Crippen molar-refractivity contribution in [3.63, 3.8) is 0 Å². The minimum Gasteiger partial charge on any atom is -0.437 e. The van der Waals surface area contributed by atoms with Gasteiger partial charge >= 0.3 is 0 Å².